The van der Waals surface area contributed by atoms with E-state index in [1.807, 2.05) is 0 Å². The normalized spacial score (nSPS) is 16.9. The van der Waals surface area contributed by atoms with Crippen LogP contribution in [0.1, 0.15) is 19.3 Å². The minimum Gasteiger partial charge on any atom is -0.338 e. The van der Waals surface area contributed by atoms with E-state index in [0.717, 1.165) is 19.3 Å². The lowest BCUT2D eigenvalue weighted by atomic mass is 9.33. The molecule has 0 spiro atoms. The molecule has 4 aliphatic rings. The lowest BCUT2D eigenvalue weighted by Gasteiger charge is -2.44. The third-order valence-corrected chi connectivity index (χ3v) is 10.8. The summed E-state index contributed by atoms with van der Waals surface area (Å²) < 4.78 is 0. The van der Waals surface area contributed by atoms with Crippen LogP contribution in [0.5, 0.6) is 0 Å². The number of hydrogen-bond acceptors (Lipinski definition) is 3. The van der Waals surface area contributed by atoms with Gasteiger partial charge >= 0.3 is 0 Å². The second kappa shape index (κ2) is 11.9. The number of fused-ring (bicyclic) bond motifs is 5. The van der Waals surface area contributed by atoms with Crippen LogP contribution in [0.4, 0.5) is 39.8 Å². The molecule has 3 nitrogen and oxygen atoms in total. The van der Waals surface area contributed by atoms with Crippen LogP contribution in [0.2, 0.25) is 0 Å². The summed E-state index contributed by atoms with van der Waals surface area (Å²) in [6.07, 6.45) is 18.9. The Morgan fingerprint density at radius 2 is 1.32 bits per heavy atom. The Bertz CT molecular complexity index is 2400. The van der Waals surface area contributed by atoms with E-state index >= 15 is 0 Å². The zero-order valence-corrected chi connectivity index (χ0v) is 27.9. The maximum Gasteiger partial charge on any atom is 0.252 e. The summed E-state index contributed by atoms with van der Waals surface area (Å²) in [5.41, 5.74) is 13.9. The summed E-state index contributed by atoms with van der Waals surface area (Å²) in [4.78, 5) is 7.57. The number of allylic oxidation sites excluding steroid dienone is 6. The van der Waals surface area contributed by atoms with Gasteiger partial charge in [0.2, 0.25) is 0 Å². The average Bonchev–Trinajstić information content (AvgIpc) is 3.19. The summed E-state index contributed by atoms with van der Waals surface area (Å²) in [6.45, 7) is 0.0981. The Kier molecular flexibility index (Phi) is 6.87. The molecular weight excluding hydrogens is 605 g/mol. The van der Waals surface area contributed by atoms with Gasteiger partial charge in [-0.3, -0.25) is 0 Å². The zero-order valence-electron chi connectivity index (χ0n) is 27.9. The number of anilines is 7. The number of benzene rings is 6. The first-order valence-corrected chi connectivity index (χ1v) is 17.8. The molecule has 238 valence electrons. The van der Waals surface area contributed by atoms with E-state index in [0.29, 0.717) is 0 Å². The summed E-state index contributed by atoms with van der Waals surface area (Å²) in [7, 11) is 0. The predicted molar refractivity (Wildman–Crippen MR) is 214 cm³/mol. The van der Waals surface area contributed by atoms with Crippen LogP contribution in [0.25, 0.3) is 10.8 Å². The molecule has 0 bridgehead atoms. The first kappa shape index (κ1) is 29.0. The number of rotatable bonds is 5. The molecule has 0 saturated carbocycles. The largest absolute Gasteiger partial charge is 0.338 e. The lowest BCUT2D eigenvalue weighted by Crippen LogP contribution is -2.61. The van der Waals surface area contributed by atoms with Gasteiger partial charge in [0.15, 0.2) is 0 Å². The highest BCUT2D eigenvalue weighted by Crippen LogP contribution is 2.45. The lowest BCUT2D eigenvalue weighted by molar-refractivity contribution is 0.720. The third-order valence-electron chi connectivity index (χ3n) is 10.8. The quantitative estimate of drug-likeness (QED) is 0.173. The molecule has 0 fully saturated rings. The Morgan fingerprint density at radius 1 is 0.560 bits per heavy atom. The van der Waals surface area contributed by atoms with Crippen LogP contribution in [0.15, 0.2) is 182 Å². The standard InChI is InChI=1S/C46H36BN3/c1-4-17-35(18-5-1)48(36-19-6-2-7-20-36)39-29-30-41-45(32-39)50(38-28-27-33-15-10-11-16-34(33)31-38)44-26-14-25-43-46(44)47(41)40-23-12-13-24-42(40)49(43)37-21-8-3-9-22-37/h1-6,8-17,19,21-32,35H,7,18,20H2. The molecular formula is C46H36BN3. The molecule has 0 aromatic heterocycles. The molecule has 10 rings (SSSR count). The maximum absolute atomic E-state index is 2.58. The highest BCUT2D eigenvalue weighted by atomic mass is 15.2. The molecule has 0 radical (unpaired) electrons. The van der Waals surface area contributed by atoms with Crippen LogP contribution in [0, 0.1) is 0 Å². The topological polar surface area (TPSA) is 9.72 Å². The fraction of sp³-hybridized carbons (Fsp3) is 0.0870. The van der Waals surface area contributed by atoms with Crippen LogP contribution in [-0.2, 0) is 0 Å². The Morgan fingerprint density at radius 3 is 2.14 bits per heavy atom. The van der Waals surface area contributed by atoms with Crippen molar-refractivity contribution >= 4 is 73.7 Å². The molecule has 1 atom stereocenters. The van der Waals surface area contributed by atoms with E-state index in [1.54, 1.807) is 0 Å². The van der Waals surface area contributed by atoms with Gasteiger partial charge in [0, 0.05) is 45.5 Å². The molecule has 2 aliphatic carbocycles. The summed E-state index contributed by atoms with van der Waals surface area (Å²) in [5, 5.41) is 2.49. The van der Waals surface area contributed by atoms with E-state index in [2.05, 4.69) is 191 Å². The van der Waals surface area contributed by atoms with Crippen molar-refractivity contribution in [3.63, 3.8) is 0 Å². The van der Waals surface area contributed by atoms with Crippen LogP contribution < -0.4 is 31.1 Å². The zero-order chi connectivity index (χ0) is 33.0. The van der Waals surface area contributed by atoms with Crippen molar-refractivity contribution in [3.8, 4) is 0 Å². The highest BCUT2D eigenvalue weighted by molar-refractivity contribution is 7.00. The molecule has 2 aliphatic heterocycles. The highest BCUT2D eigenvalue weighted by Gasteiger charge is 2.43. The predicted octanol–water partition coefficient (Wildman–Crippen LogP) is 9.85. The van der Waals surface area contributed by atoms with Crippen molar-refractivity contribution in [1.82, 2.24) is 0 Å². The van der Waals surface area contributed by atoms with Gasteiger partial charge in [-0.25, -0.2) is 0 Å². The van der Waals surface area contributed by atoms with Gasteiger partial charge in [0.25, 0.3) is 6.71 Å². The number of para-hydroxylation sites is 2. The Balaban J connectivity index is 1.24. The van der Waals surface area contributed by atoms with E-state index in [4.69, 9.17) is 0 Å². The second-order valence-electron chi connectivity index (χ2n) is 13.6. The van der Waals surface area contributed by atoms with Gasteiger partial charge in [-0.1, -0.05) is 115 Å². The monoisotopic (exact) mass is 641 g/mol. The van der Waals surface area contributed by atoms with Crippen molar-refractivity contribution in [2.45, 2.75) is 25.3 Å². The summed E-state index contributed by atoms with van der Waals surface area (Å²) in [6, 6.07) is 49.8. The first-order valence-electron chi connectivity index (χ1n) is 17.8. The minimum atomic E-state index is 0.0981. The van der Waals surface area contributed by atoms with Crippen molar-refractivity contribution < 1.29 is 0 Å². The van der Waals surface area contributed by atoms with Gasteiger partial charge in [-0.2, -0.15) is 0 Å². The average molecular weight is 642 g/mol. The second-order valence-corrected chi connectivity index (χ2v) is 13.6. The minimum absolute atomic E-state index is 0.0981. The molecule has 6 aromatic carbocycles. The third kappa shape index (κ3) is 4.59. The van der Waals surface area contributed by atoms with Crippen LogP contribution in [-0.4, -0.2) is 12.8 Å². The number of nitrogens with zero attached hydrogens (tertiary/aromatic N) is 3. The molecule has 2 heterocycles. The van der Waals surface area contributed by atoms with E-state index in [1.165, 1.54) is 72.7 Å². The van der Waals surface area contributed by atoms with Crippen molar-refractivity contribution in [1.29, 1.82) is 0 Å². The van der Waals surface area contributed by atoms with Crippen molar-refractivity contribution in [2.24, 2.45) is 0 Å². The fourth-order valence-electron chi connectivity index (χ4n) is 8.59. The molecule has 0 amide bonds. The first-order chi connectivity index (χ1) is 24.8. The summed E-state index contributed by atoms with van der Waals surface area (Å²) in [5.74, 6) is 0. The van der Waals surface area contributed by atoms with Gasteiger partial charge in [-0.05, 0) is 107 Å². The maximum atomic E-state index is 2.58. The Labute approximate surface area is 294 Å². The molecule has 6 aromatic rings. The van der Waals surface area contributed by atoms with Crippen molar-refractivity contribution in [2.75, 3.05) is 14.7 Å². The van der Waals surface area contributed by atoms with Crippen LogP contribution >= 0.6 is 0 Å². The number of hydrogen-bond donors (Lipinski definition) is 0. The van der Waals surface area contributed by atoms with E-state index in [-0.39, 0.29) is 12.8 Å². The van der Waals surface area contributed by atoms with Crippen molar-refractivity contribution in [3.05, 3.63) is 182 Å². The SMILES string of the molecule is C1=CCCC(N(c2ccc3c(c2)N(c2ccc4ccccc4c2)c2cccc4c2B3c2ccccc2N4c2ccccc2)C2C=CC=CC2)=C1. The molecule has 0 N–H and O–H groups in total. The smallest absolute Gasteiger partial charge is 0.252 e. The van der Waals surface area contributed by atoms with E-state index in [9.17, 15) is 0 Å². The van der Waals surface area contributed by atoms with Gasteiger partial charge in [-0.15, -0.1) is 0 Å². The van der Waals surface area contributed by atoms with E-state index < -0.39 is 0 Å². The molecule has 0 saturated heterocycles. The van der Waals surface area contributed by atoms with Gasteiger partial charge < -0.3 is 14.7 Å². The van der Waals surface area contributed by atoms with Gasteiger partial charge in [0.1, 0.15) is 0 Å². The van der Waals surface area contributed by atoms with Crippen LogP contribution in [0.3, 0.4) is 0 Å². The Hall–Kier alpha value is -6.00. The summed E-state index contributed by atoms with van der Waals surface area (Å²) >= 11 is 0. The molecule has 50 heavy (non-hydrogen) atoms. The molecule has 1 unspecified atom stereocenters. The fourth-order valence-corrected chi connectivity index (χ4v) is 8.59. The van der Waals surface area contributed by atoms with Gasteiger partial charge in [0.05, 0.1) is 6.04 Å². The molecule has 4 heteroatoms.